The Kier molecular flexibility index (Phi) is 9.87. The summed E-state index contributed by atoms with van der Waals surface area (Å²) < 4.78 is 16.6. The van der Waals surface area contributed by atoms with Crippen LogP contribution in [-0.4, -0.2) is 56.9 Å². The number of halogens is 2. The number of benzene rings is 2. The van der Waals surface area contributed by atoms with E-state index in [9.17, 15) is 0 Å². The number of guanidine groups is 1. The minimum absolute atomic E-state index is 0. The summed E-state index contributed by atoms with van der Waals surface area (Å²) in [5, 5.41) is 3.84. The highest BCUT2D eigenvalue weighted by Gasteiger charge is 2.32. The van der Waals surface area contributed by atoms with Crippen LogP contribution in [-0.2, 0) is 4.74 Å². The Bertz CT molecular complexity index is 909. The van der Waals surface area contributed by atoms with Crippen molar-refractivity contribution in [1.29, 1.82) is 0 Å². The molecule has 3 N–H and O–H groups in total. The van der Waals surface area contributed by atoms with E-state index in [0.29, 0.717) is 41.3 Å². The minimum atomic E-state index is -0.218. The van der Waals surface area contributed by atoms with Crippen molar-refractivity contribution in [2.24, 2.45) is 10.7 Å². The van der Waals surface area contributed by atoms with Crippen LogP contribution in [0.4, 0.5) is 5.69 Å². The normalized spacial score (nSPS) is 17.2. The molecule has 0 saturated carbocycles. The summed E-state index contributed by atoms with van der Waals surface area (Å²) in [4.78, 5) is 7.03. The number of ether oxygens (including phenoxy) is 3. The van der Waals surface area contributed by atoms with Crippen LogP contribution < -0.4 is 20.5 Å². The molecule has 0 aliphatic carbocycles. The van der Waals surface area contributed by atoms with E-state index in [1.807, 2.05) is 42.5 Å². The SMILES string of the molecule is COc1ccc(OC)c(NC(N)=NCC(c2ccc(Cl)cc2)N2CCOC(C)(C)C2)c1.I. The molecule has 1 fully saturated rings. The van der Waals surface area contributed by atoms with E-state index in [0.717, 1.165) is 18.7 Å². The molecule has 1 atom stereocenters. The van der Waals surface area contributed by atoms with Gasteiger partial charge in [0.05, 0.1) is 44.7 Å². The molecule has 1 heterocycles. The number of rotatable bonds is 7. The number of morpholine rings is 1. The summed E-state index contributed by atoms with van der Waals surface area (Å²) in [5.41, 5.74) is 7.84. The van der Waals surface area contributed by atoms with E-state index in [-0.39, 0.29) is 35.6 Å². The first-order valence-corrected chi connectivity index (χ1v) is 10.6. The third kappa shape index (κ3) is 7.13. The van der Waals surface area contributed by atoms with Gasteiger partial charge in [-0.05, 0) is 43.7 Å². The lowest BCUT2D eigenvalue weighted by atomic mass is 10.0. The maximum absolute atomic E-state index is 6.23. The summed E-state index contributed by atoms with van der Waals surface area (Å²) >= 11 is 6.11. The number of hydrogen-bond acceptors (Lipinski definition) is 5. The van der Waals surface area contributed by atoms with Gasteiger partial charge in [-0.3, -0.25) is 9.89 Å². The van der Waals surface area contributed by atoms with Gasteiger partial charge in [0.15, 0.2) is 5.96 Å². The van der Waals surface area contributed by atoms with Crippen molar-refractivity contribution in [3.8, 4) is 11.5 Å². The van der Waals surface area contributed by atoms with Crippen LogP contribution in [0.5, 0.6) is 11.5 Å². The molecule has 2 aromatic rings. The van der Waals surface area contributed by atoms with Crippen LogP contribution in [0.3, 0.4) is 0 Å². The molecular weight excluding hydrogens is 543 g/mol. The fourth-order valence-electron chi connectivity index (χ4n) is 3.71. The lowest BCUT2D eigenvalue weighted by molar-refractivity contribution is -0.0966. The molecule has 2 aromatic carbocycles. The van der Waals surface area contributed by atoms with Gasteiger partial charge in [0.25, 0.3) is 0 Å². The van der Waals surface area contributed by atoms with Gasteiger partial charge in [-0.25, -0.2) is 0 Å². The number of aliphatic imine (C=N–C) groups is 1. The van der Waals surface area contributed by atoms with Gasteiger partial charge in [0.1, 0.15) is 11.5 Å². The van der Waals surface area contributed by atoms with Crippen molar-refractivity contribution in [3.05, 3.63) is 53.1 Å². The summed E-state index contributed by atoms with van der Waals surface area (Å²) in [7, 11) is 3.22. The Morgan fingerprint density at radius 1 is 1.22 bits per heavy atom. The van der Waals surface area contributed by atoms with Crippen LogP contribution in [0.2, 0.25) is 5.02 Å². The first-order chi connectivity index (χ1) is 14.8. The first kappa shape index (κ1) is 26.5. The topological polar surface area (TPSA) is 81.3 Å². The van der Waals surface area contributed by atoms with Crippen LogP contribution in [0.15, 0.2) is 47.5 Å². The molecule has 0 spiro atoms. The lowest BCUT2D eigenvalue weighted by Crippen LogP contribution is -2.50. The minimum Gasteiger partial charge on any atom is -0.497 e. The average molecular weight is 575 g/mol. The van der Waals surface area contributed by atoms with Crippen LogP contribution in [0, 0.1) is 0 Å². The van der Waals surface area contributed by atoms with Gasteiger partial charge >= 0.3 is 0 Å². The average Bonchev–Trinajstić information content (AvgIpc) is 2.74. The number of anilines is 1. The Hall–Kier alpha value is -1.75. The summed E-state index contributed by atoms with van der Waals surface area (Å²) in [6, 6.07) is 13.4. The van der Waals surface area contributed by atoms with Gasteiger partial charge in [0.2, 0.25) is 0 Å². The molecule has 1 aliphatic heterocycles. The van der Waals surface area contributed by atoms with Crippen LogP contribution in [0.25, 0.3) is 0 Å². The Balaban J connectivity index is 0.00000363. The number of hydrogen-bond donors (Lipinski definition) is 2. The number of nitrogens with two attached hydrogens (primary N) is 1. The van der Waals surface area contributed by atoms with E-state index < -0.39 is 0 Å². The van der Waals surface area contributed by atoms with Gasteiger partial charge in [0, 0.05) is 24.2 Å². The number of nitrogens with one attached hydrogen (secondary N) is 1. The molecule has 0 amide bonds. The van der Waals surface area contributed by atoms with Crippen molar-refractivity contribution in [2.75, 3.05) is 45.8 Å². The molecule has 32 heavy (non-hydrogen) atoms. The Labute approximate surface area is 212 Å². The van der Waals surface area contributed by atoms with E-state index >= 15 is 0 Å². The van der Waals surface area contributed by atoms with Crippen molar-refractivity contribution in [3.63, 3.8) is 0 Å². The van der Waals surface area contributed by atoms with Gasteiger partial charge < -0.3 is 25.3 Å². The van der Waals surface area contributed by atoms with Crippen LogP contribution >= 0.6 is 35.6 Å². The fraction of sp³-hybridized carbons (Fsp3) is 0.435. The second-order valence-electron chi connectivity index (χ2n) is 8.06. The van der Waals surface area contributed by atoms with E-state index in [1.54, 1.807) is 14.2 Å². The van der Waals surface area contributed by atoms with Gasteiger partial charge in [-0.15, -0.1) is 24.0 Å². The van der Waals surface area contributed by atoms with E-state index in [1.165, 1.54) is 0 Å². The van der Waals surface area contributed by atoms with E-state index in [4.69, 9.17) is 31.5 Å². The van der Waals surface area contributed by atoms with Crippen molar-refractivity contribution < 1.29 is 14.2 Å². The largest absolute Gasteiger partial charge is 0.497 e. The van der Waals surface area contributed by atoms with E-state index in [2.05, 4.69) is 29.1 Å². The lowest BCUT2D eigenvalue weighted by Gasteiger charge is -2.42. The standard InChI is InChI=1S/C23H31ClN4O3.HI/c1-23(2)15-28(11-12-31-23)20(16-5-7-17(24)8-6-16)14-26-22(25)27-19-13-18(29-3)9-10-21(19)30-4;/h5-10,13,20H,11-12,14-15H2,1-4H3,(H3,25,26,27);1H. The molecule has 0 radical (unpaired) electrons. The summed E-state index contributed by atoms with van der Waals surface area (Å²) in [6.45, 7) is 6.99. The zero-order valence-corrected chi connectivity index (χ0v) is 22.0. The van der Waals surface area contributed by atoms with Gasteiger partial charge in [-0.1, -0.05) is 23.7 Å². The smallest absolute Gasteiger partial charge is 0.193 e. The quantitative estimate of drug-likeness (QED) is 0.287. The molecule has 0 aromatic heterocycles. The second kappa shape index (κ2) is 11.9. The zero-order valence-electron chi connectivity index (χ0n) is 18.9. The summed E-state index contributed by atoms with van der Waals surface area (Å²) in [5.74, 6) is 1.66. The van der Waals surface area contributed by atoms with Crippen molar-refractivity contribution in [1.82, 2.24) is 4.90 Å². The molecule has 176 valence electrons. The maximum atomic E-state index is 6.23. The highest BCUT2D eigenvalue weighted by Crippen LogP contribution is 2.30. The predicted molar refractivity (Wildman–Crippen MR) is 141 cm³/mol. The Morgan fingerprint density at radius 3 is 2.56 bits per heavy atom. The maximum Gasteiger partial charge on any atom is 0.193 e. The molecule has 1 aliphatic rings. The highest BCUT2D eigenvalue weighted by molar-refractivity contribution is 14.0. The zero-order chi connectivity index (χ0) is 22.4. The third-order valence-electron chi connectivity index (χ3n) is 5.25. The first-order valence-electron chi connectivity index (χ1n) is 10.2. The van der Waals surface area contributed by atoms with Crippen molar-refractivity contribution in [2.45, 2.75) is 25.5 Å². The molecular formula is C23H32ClIN4O3. The van der Waals surface area contributed by atoms with Gasteiger partial charge in [-0.2, -0.15) is 0 Å². The number of nitrogens with zero attached hydrogens (tertiary/aromatic N) is 2. The molecule has 7 nitrogen and oxygen atoms in total. The van der Waals surface area contributed by atoms with Crippen molar-refractivity contribution >= 4 is 47.2 Å². The molecule has 3 rings (SSSR count). The monoisotopic (exact) mass is 574 g/mol. The molecule has 1 unspecified atom stereocenters. The molecule has 1 saturated heterocycles. The van der Waals surface area contributed by atoms with Crippen LogP contribution in [0.1, 0.15) is 25.5 Å². The fourth-order valence-corrected chi connectivity index (χ4v) is 3.84. The molecule has 0 bridgehead atoms. The second-order valence-corrected chi connectivity index (χ2v) is 8.50. The predicted octanol–water partition coefficient (Wildman–Crippen LogP) is 4.55. The number of methoxy groups -OCH3 is 2. The summed E-state index contributed by atoms with van der Waals surface area (Å²) in [6.07, 6.45) is 0. The Morgan fingerprint density at radius 2 is 1.94 bits per heavy atom. The molecule has 9 heteroatoms. The highest BCUT2D eigenvalue weighted by atomic mass is 127. The third-order valence-corrected chi connectivity index (χ3v) is 5.51.